The fourth-order valence-electron chi connectivity index (χ4n) is 2.29. The van der Waals surface area contributed by atoms with E-state index in [1.54, 1.807) is 0 Å². The summed E-state index contributed by atoms with van der Waals surface area (Å²) < 4.78 is 0.845. The average Bonchev–Trinajstić information content (AvgIpc) is 3.00. The van der Waals surface area contributed by atoms with Gasteiger partial charge < -0.3 is 24.0 Å². The Morgan fingerprint density at radius 3 is 2.53 bits per heavy atom. The average molecular weight is 384 g/mol. The standard InChI is InChI=1S/C15H17N2S.HI/c1-16-9-6-10-17(16,2)15-11-14(12-18-15)13-7-4-3-5-8-13;/h3-9,11-12H,10H2,1-2H3;1H/q+1;/p-1. The molecule has 0 saturated heterocycles. The van der Waals surface area contributed by atoms with E-state index in [0.717, 1.165) is 11.1 Å². The lowest BCUT2D eigenvalue weighted by atomic mass is 10.1. The third kappa shape index (κ3) is 2.57. The molecule has 2 aromatic rings. The Morgan fingerprint density at radius 2 is 1.89 bits per heavy atom. The first kappa shape index (κ1) is 14.6. The number of quaternary nitrogens is 1. The Morgan fingerprint density at radius 1 is 1.16 bits per heavy atom. The van der Waals surface area contributed by atoms with Crippen LogP contribution in [-0.2, 0) is 0 Å². The summed E-state index contributed by atoms with van der Waals surface area (Å²) in [6.07, 6.45) is 4.38. The molecule has 2 nitrogen and oxygen atoms in total. The molecule has 100 valence electrons. The first-order valence-electron chi connectivity index (χ1n) is 6.10. The van der Waals surface area contributed by atoms with Crippen LogP contribution < -0.4 is 28.6 Å². The number of likely N-dealkylation sites (N-methyl/N-ethyl adjacent to an activating group) is 1. The zero-order valence-corrected chi connectivity index (χ0v) is 14.1. The molecule has 1 aliphatic heterocycles. The van der Waals surface area contributed by atoms with Crippen LogP contribution >= 0.6 is 11.3 Å². The van der Waals surface area contributed by atoms with Gasteiger partial charge in [-0.25, -0.2) is 5.01 Å². The van der Waals surface area contributed by atoms with Crippen molar-refractivity contribution in [2.24, 2.45) is 0 Å². The van der Waals surface area contributed by atoms with Gasteiger partial charge in [0.1, 0.15) is 6.54 Å². The minimum Gasteiger partial charge on any atom is -1.00 e. The number of halogens is 1. The van der Waals surface area contributed by atoms with Crippen LogP contribution in [0.1, 0.15) is 0 Å². The summed E-state index contributed by atoms with van der Waals surface area (Å²) in [5.41, 5.74) is 2.61. The van der Waals surface area contributed by atoms with Gasteiger partial charge in [0.15, 0.2) is 0 Å². The van der Waals surface area contributed by atoms with E-state index in [2.05, 4.69) is 73.2 Å². The first-order valence-corrected chi connectivity index (χ1v) is 6.98. The predicted molar refractivity (Wildman–Crippen MR) is 79.2 cm³/mol. The van der Waals surface area contributed by atoms with Crippen LogP contribution in [0.4, 0.5) is 5.00 Å². The highest BCUT2D eigenvalue weighted by Crippen LogP contribution is 2.36. The normalized spacial score (nSPS) is 21.5. The highest BCUT2D eigenvalue weighted by atomic mass is 127. The summed E-state index contributed by atoms with van der Waals surface area (Å²) in [5, 5.41) is 5.88. The van der Waals surface area contributed by atoms with E-state index in [0.29, 0.717) is 0 Å². The molecule has 1 aromatic heterocycles. The van der Waals surface area contributed by atoms with Crippen molar-refractivity contribution in [3.05, 3.63) is 54.1 Å². The fourth-order valence-corrected chi connectivity index (χ4v) is 3.36. The van der Waals surface area contributed by atoms with Crippen molar-refractivity contribution in [2.75, 3.05) is 20.6 Å². The minimum absolute atomic E-state index is 0. The Balaban J connectivity index is 0.00000133. The highest BCUT2D eigenvalue weighted by molar-refractivity contribution is 7.14. The van der Waals surface area contributed by atoms with Crippen molar-refractivity contribution in [1.29, 1.82) is 0 Å². The van der Waals surface area contributed by atoms with Gasteiger partial charge in [-0.05, 0) is 17.2 Å². The second-order valence-corrected chi connectivity index (χ2v) is 5.71. The molecule has 0 aliphatic carbocycles. The van der Waals surface area contributed by atoms with Crippen molar-refractivity contribution >= 4 is 16.3 Å². The molecule has 19 heavy (non-hydrogen) atoms. The molecule has 4 heteroatoms. The summed E-state index contributed by atoms with van der Waals surface area (Å²) in [6.45, 7) is 1.03. The van der Waals surface area contributed by atoms with Gasteiger partial charge in [-0.3, -0.25) is 0 Å². The molecule has 0 bridgehead atoms. The van der Waals surface area contributed by atoms with E-state index >= 15 is 0 Å². The lowest BCUT2D eigenvalue weighted by Gasteiger charge is -2.33. The number of thiophene rings is 1. The Labute approximate surface area is 135 Å². The zero-order valence-electron chi connectivity index (χ0n) is 11.1. The van der Waals surface area contributed by atoms with Gasteiger partial charge in [-0.2, -0.15) is 4.59 Å². The van der Waals surface area contributed by atoms with Crippen LogP contribution in [0.3, 0.4) is 0 Å². The van der Waals surface area contributed by atoms with Crippen LogP contribution in [0.2, 0.25) is 0 Å². The second-order valence-electron chi connectivity index (χ2n) is 4.82. The molecule has 3 rings (SSSR count). The van der Waals surface area contributed by atoms with Crippen molar-refractivity contribution in [1.82, 2.24) is 9.60 Å². The SMILES string of the molecule is CN1C=CC[N+]1(C)c1cc(-c2ccccc2)cs1.[I-]. The molecule has 2 heterocycles. The fraction of sp³-hybridized carbons (Fsp3) is 0.200. The molecular weight excluding hydrogens is 367 g/mol. The van der Waals surface area contributed by atoms with Crippen LogP contribution in [0.5, 0.6) is 0 Å². The van der Waals surface area contributed by atoms with E-state index in [1.165, 1.54) is 16.1 Å². The van der Waals surface area contributed by atoms with Crippen molar-refractivity contribution in [3.8, 4) is 11.1 Å². The molecule has 0 spiro atoms. The number of hydrogen-bond acceptors (Lipinski definition) is 2. The molecule has 0 radical (unpaired) electrons. The minimum atomic E-state index is 0. The van der Waals surface area contributed by atoms with Gasteiger partial charge >= 0.3 is 0 Å². The molecule has 0 N–H and O–H groups in total. The van der Waals surface area contributed by atoms with E-state index < -0.39 is 0 Å². The predicted octanol–water partition coefficient (Wildman–Crippen LogP) is 0.730. The molecule has 1 atom stereocenters. The lowest BCUT2D eigenvalue weighted by molar-refractivity contribution is -0.00000368. The second kappa shape index (κ2) is 5.64. The lowest BCUT2D eigenvalue weighted by Crippen LogP contribution is -3.00. The Kier molecular flexibility index (Phi) is 4.32. The molecule has 1 unspecified atom stereocenters. The molecule has 1 aliphatic rings. The zero-order chi connectivity index (χ0) is 12.6. The summed E-state index contributed by atoms with van der Waals surface area (Å²) in [6, 6.07) is 12.9. The van der Waals surface area contributed by atoms with E-state index in [1.807, 2.05) is 11.3 Å². The van der Waals surface area contributed by atoms with Crippen molar-refractivity contribution < 1.29 is 24.0 Å². The number of hydrogen-bond donors (Lipinski definition) is 0. The smallest absolute Gasteiger partial charge is 0.213 e. The third-order valence-corrected chi connectivity index (χ3v) is 4.77. The Bertz CT molecular complexity index is 579. The van der Waals surface area contributed by atoms with Crippen LogP contribution in [0.15, 0.2) is 54.1 Å². The summed E-state index contributed by atoms with van der Waals surface area (Å²) in [5.74, 6) is 0. The topological polar surface area (TPSA) is 3.24 Å². The highest BCUT2D eigenvalue weighted by Gasteiger charge is 2.33. The molecular formula is C15H17IN2S. The van der Waals surface area contributed by atoms with E-state index in [9.17, 15) is 0 Å². The largest absolute Gasteiger partial charge is 1.00 e. The summed E-state index contributed by atoms with van der Waals surface area (Å²) >= 11 is 1.83. The van der Waals surface area contributed by atoms with Gasteiger partial charge in [0.05, 0.1) is 20.3 Å². The van der Waals surface area contributed by atoms with Gasteiger partial charge in [-0.15, -0.1) is 0 Å². The molecule has 1 aromatic carbocycles. The van der Waals surface area contributed by atoms with Crippen molar-refractivity contribution in [3.63, 3.8) is 0 Å². The number of rotatable bonds is 2. The molecule has 0 saturated carbocycles. The van der Waals surface area contributed by atoms with Crippen LogP contribution in [0, 0.1) is 0 Å². The third-order valence-electron chi connectivity index (χ3n) is 3.65. The van der Waals surface area contributed by atoms with Crippen LogP contribution in [-0.4, -0.2) is 25.6 Å². The molecule has 0 fully saturated rings. The maximum absolute atomic E-state index is 2.31. The quantitative estimate of drug-likeness (QED) is 0.545. The van der Waals surface area contributed by atoms with Gasteiger partial charge in [0.25, 0.3) is 0 Å². The number of nitrogens with zero attached hydrogens (tertiary/aromatic N) is 2. The van der Waals surface area contributed by atoms with Crippen molar-refractivity contribution in [2.45, 2.75) is 0 Å². The van der Waals surface area contributed by atoms with Gasteiger partial charge in [-0.1, -0.05) is 41.7 Å². The van der Waals surface area contributed by atoms with E-state index in [-0.39, 0.29) is 24.0 Å². The monoisotopic (exact) mass is 384 g/mol. The Hall–Kier alpha value is -0.850. The summed E-state index contributed by atoms with van der Waals surface area (Å²) in [7, 11) is 4.38. The maximum atomic E-state index is 2.31. The van der Waals surface area contributed by atoms with Gasteiger partial charge in [0, 0.05) is 11.4 Å². The van der Waals surface area contributed by atoms with Crippen LogP contribution in [0.25, 0.3) is 11.1 Å². The van der Waals surface area contributed by atoms with E-state index in [4.69, 9.17) is 0 Å². The maximum Gasteiger partial charge on any atom is 0.213 e. The van der Waals surface area contributed by atoms with Gasteiger partial charge in [0.2, 0.25) is 5.00 Å². The summed E-state index contributed by atoms with van der Waals surface area (Å²) in [4.78, 5) is 0. The first-order chi connectivity index (χ1) is 8.70. The molecule has 0 amide bonds. The number of benzene rings is 1.